The van der Waals surface area contributed by atoms with E-state index in [4.69, 9.17) is 4.98 Å². The zero-order valence-corrected chi connectivity index (χ0v) is 14.1. The van der Waals surface area contributed by atoms with Gasteiger partial charge in [0.25, 0.3) is 0 Å². The molecule has 0 amide bonds. The molecule has 6 nitrogen and oxygen atoms in total. The van der Waals surface area contributed by atoms with Crippen molar-refractivity contribution in [1.29, 1.82) is 0 Å². The third-order valence-corrected chi connectivity index (χ3v) is 4.65. The Hall–Kier alpha value is -2.63. The number of anilines is 2. The van der Waals surface area contributed by atoms with Crippen LogP contribution >= 0.6 is 0 Å². The Morgan fingerprint density at radius 1 is 1.25 bits per heavy atom. The van der Waals surface area contributed by atoms with Gasteiger partial charge >= 0.3 is 0 Å². The molecule has 0 unspecified atom stereocenters. The zero-order chi connectivity index (χ0) is 16.5. The molecular formula is C18H22N6. The minimum Gasteiger partial charge on any atom is -0.361 e. The second-order valence-electron chi connectivity index (χ2n) is 6.53. The predicted octanol–water partition coefficient (Wildman–Crippen LogP) is 2.57. The summed E-state index contributed by atoms with van der Waals surface area (Å²) in [5.74, 6) is 2.39. The standard InChI is InChI=1S/C18H22N6/c1-22(2)18-16-6-4-9-23(16)13-15(21-18)14-5-3-10-24(12-14)17-11-19-7-8-20-17/h4,6-9,11,13-14H,3,5,10,12H2,1-2H3/t14-/m0/s1. The minimum atomic E-state index is 0.409. The van der Waals surface area contributed by atoms with Crippen molar-refractivity contribution in [2.75, 3.05) is 37.0 Å². The highest BCUT2D eigenvalue weighted by Crippen LogP contribution is 2.30. The molecule has 0 spiro atoms. The summed E-state index contributed by atoms with van der Waals surface area (Å²) in [6, 6.07) is 4.18. The topological polar surface area (TPSA) is 49.6 Å². The normalized spacial score (nSPS) is 18.1. The van der Waals surface area contributed by atoms with E-state index in [1.54, 1.807) is 12.4 Å². The van der Waals surface area contributed by atoms with Gasteiger partial charge in [0.05, 0.1) is 17.4 Å². The van der Waals surface area contributed by atoms with Crippen LogP contribution in [0.5, 0.6) is 0 Å². The molecule has 3 aromatic rings. The predicted molar refractivity (Wildman–Crippen MR) is 95.7 cm³/mol. The van der Waals surface area contributed by atoms with Crippen molar-refractivity contribution in [3.05, 3.63) is 48.8 Å². The Balaban J connectivity index is 1.67. The van der Waals surface area contributed by atoms with Crippen molar-refractivity contribution < 1.29 is 0 Å². The molecule has 1 saturated heterocycles. The lowest BCUT2D eigenvalue weighted by atomic mass is 9.95. The molecule has 1 aliphatic rings. The van der Waals surface area contributed by atoms with Crippen LogP contribution in [-0.4, -0.2) is 46.5 Å². The fraction of sp³-hybridized carbons (Fsp3) is 0.389. The van der Waals surface area contributed by atoms with Crippen LogP contribution in [0.3, 0.4) is 0 Å². The molecule has 0 aliphatic carbocycles. The summed E-state index contributed by atoms with van der Waals surface area (Å²) in [5.41, 5.74) is 2.29. The van der Waals surface area contributed by atoms with Crippen molar-refractivity contribution in [2.24, 2.45) is 0 Å². The van der Waals surface area contributed by atoms with Crippen molar-refractivity contribution >= 4 is 17.2 Å². The quantitative estimate of drug-likeness (QED) is 0.742. The van der Waals surface area contributed by atoms with Gasteiger partial charge in [0, 0.05) is 57.9 Å². The van der Waals surface area contributed by atoms with Gasteiger partial charge in [-0.3, -0.25) is 4.98 Å². The van der Waals surface area contributed by atoms with Gasteiger partial charge in [-0.2, -0.15) is 0 Å². The van der Waals surface area contributed by atoms with E-state index in [0.29, 0.717) is 5.92 Å². The second kappa shape index (κ2) is 6.11. The fourth-order valence-corrected chi connectivity index (χ4v) is 3.45. The van der Waals surface area contributed by atoms with E-state index < -0.39 is 0 Å². The summed E-state index contributed by atoms with van der Waals surface area (Å²) < 4.78 is 2.18. The summed E-state index contributed by atoms with van der Waals surface area (Å²) in [4.78, 5) is 18.0. The number of fused-ring (bicyclic) bond motifs is 1. The van der Waals surface area contributed by atoms with E-state index in [9.17, 15) is 0 Å². The molecule has 1 fully saturated rings. The van der Waals surface area contributed by atoms with Gasteiger partial charge in [-0.25, -0.2) is 9.97 Å². The summed E-state index contributed by atoms with van der Waals surface area (Å²) in [7, 11) is 4.09. The molecule has 4 heterocycles. The Morgan fingerprint density at radius 3 is 2.96 bits per heavy atom. The van der Waals surface area contributed by atoms with Crippen LogP contribution in [0.25, 0.3) is 5.52 Å². The number of piperidine rings is 1. The maximum absolute atomic E-state index is 4.97. The second-order valence-corrected chi connectivity index (χ2v) is 6.53. The van der Waals surface area contributed by atoms with Gasteiger partial charge in [0.1, 0.15) is 5.82 Å². The van der Waals surface area contributed by atoms with Crippen LogP contribution in [-0.2, 0) is 0 Å². The number of nitrogens with zero attached hydrogens (tertiary/aromatic N) is 6. The van der Waals surface area contributed by atoms with Gasteiger partial charge in [-0.1, -0.05) is 0 Å². The van der Waals surface area contributed by atoms with E-state index in [2.05, 4.69) is 48.7 Å². The average Bonchev–Trinajstić information content (AvgIpc) is 3.10. The van der Waals surface area contributed by atoms with E-state index in [0.717, 1.165) is 48.8 Å². The lowest BCUT2D eigenvalue weighted by molar-refractivity contribution is 0.497. The van der Waals surface area contributed by atoms with Gasteiger partial charge in [-0.05, 0) is 25.0 Å². The van der Waals surface area contributed by atoms with E-state index >= 15 is 0 Å². The van der Waals surface area contributed by atoms with E-state index in [1.165, 1.54) is 0 Å². The first-order chi connectivity index (χ1) is 11.7. The molecule has 0 radical (unpaired) electrons. The van der Waals surface area contributed by atoms with Crippen LogP contribution in [0.15, 0.2) is 43.1 Å². The molecule has 0 N–H and O–H groups in total. The zero-order valence-electron chi connectivity index (χ0n) is 14.1. The van der Waals surface area contributed by atoms with Crippen molar-refractivity contribution in [2.45, 2.75) is 18.8 Å². The summed E-state index contributed by atoms with van der Waals surface area (Å²) in [6.45, 7) is 1.97. The van der Waals surface area contributed by atoms with Crippen LogP contribution in [0.2, 0.25) is 0 Å². The molecule has 3 aromatic heterocycles. The Kier molecular flexibility index (Phi) is 3.80. The highest BCUT2D eigenvalue weighted by Gasteiger charge is 2.24. The summed E-state index contributed by atoms with van der Waals surface area (Å²) >= 11 is 0. The third-order valence-electron chi connectivity index (χ3n) is 4.65. The Morgan fingerprint density at radius 2 is 2.17 bits per heavy atom. The molecule has 1 atom stereocenters. The van der Waals surface area contributed by atoms with Gasteiger partial charge in [0.2, 0.25) is 0 Å². The fourth-order valence-electron chi connectivity index (χ4n) is 3.45. The highest BCUT2D eigenvalue weighted by atomic mass is 15.2. The first-order valence-corrected chi connectivity index (χ1v) is 8.38. The van der Waals surface area contributed by atoms with E-state index in [1.807, 2.05) is 20.3 Å². The lowest BCUT2D eigenvalue weighted by Crippen LogP contribution is -2.35. The molecule has 6 heteroatoms. The molecule has 1 aliphatic heterocycles. The molecule has 24 heavy (non-hydrogen) atoms. The third kappa shape index (κ3) is 2.68. The van der Waals surface area contributed by atoms with Crippen molar-refractivity contribution in [1.82, 2.24) is 19.4 Å². The average molecular weight is 322 g/mol. The first kappa shape index (κ1) is 14.9. The van der Waals surface area contributed by atoms with E-state index in [-0.39, 0.29) is 0 Å². The number of aromatic nitrogens is 4. The highest BCUT2D eigenvalue weighted by molar-refractivity contribution is 5.69. The van der Waals surface area contributed by atoms with Crippen LogP contribution in [0.4, 0.5) is 11.6 Å². The van der Waals surface area contributed by atoms with Gasteiger partial charge < -0.3 is 14.2 Å². The van der Waals surface area contributed by atoms with Gasteiger partial charge in [-0.15, -0.1) is 0 Å². The Bertz CT molecular complexity index is 826. The molecule has 0 saturated carbocycles. The van der Waals surface area contributed by atoms with Crippen LogP contribution in [0.1, 0.15) is 24.5 Å². The number of rotatable bonds is 3. The van der Waals surface area contributed by atoms with Gasteiger partial charge in [0.15, 0.2) is 5.82 Å². The largest absolute Gasteiger partial charge is 0.361 e. The molecule has 124 valence electrons. The summed E-state index contributed by atoms with van der Waals surface area (Å²) in [5, 5.41) is 0. The maximum atomic E-state index is 4.97. The number of hydrogen-bond donors (Lipinski definition) is 0. The molecule has 0 bridgehead atoms. The van der Waals surface area contributed by atoms with Crippen molar-refractivity contribution in [3.63, 3.8) is 0 Å². The molecular weight excluding hydrogens is 300 g/mol. The van der Waals surface area contributed by atoms with Crippen LogP contribution < -0.4 is 9.80 Å². The molecule has 4 rings (SSSR count). The SMILES string of the molecule is CN(C)c1nc([C@H]2CCCN(c3cnccn3)C2)cn2cccc12. The van der Waals surface area contributed by atoms with Crippen molar-refractivity contribution in [3.8, 4) is 0 Å². The summed E-state index contributed by atoms with van der Waals surface area (Å²) in [6.07, 6.45) is 11.9. The maximum Gasteiger partial charge on any atom is 0.152 e. The molecule has 0 aromatic carbocycles. The van der Waals surface area contributed by atoms with Crippen LogP contribution in [0, 0.1) is 0 Å². The smallest absolute Gasteiger partial charge is 0.152 e. The lowest BCUT2D eigenvalue weighted by Gasteiger charge is -2.33. The Labute approximate surface area is 141 Å². The minimum absolute atomic E-state index is 0.409. The number of hydrogen-bond acceptors (Lipinski definition) is 5. The first-order valence-electron chi connectivity index (χ1n) is 8.38. The monoisotopic (exact) mass is 322 g/mol.